The molecule has 18 heavy (non-hydrogen) atoms. The Labute approximate surface area is 119 Å². The number of benzene rings is 1. The van der Waals surface area contributed by atoms with Crippen LogP contribution in [-0.4, -0.2) is 5.75 Å². The summed E-state index contributed by atoms with van der Waals surface area (Å²) in [5.41, 5.74) is 1.26. The first-order chi connectivity index (χ1) is 8.95. The summed E-state index contributed by atoms with van der Waals surface area (Å²) in [6, 6.07) is 14.3. The lowest BCUT2D eigenvalue weighted by atomic mass is 10.2. The van der Waals surface area contributed by atoms with Gasteiger partial charge in [-0.05, 0) is 27.5 Å². The molecule has 0 atom stereocenters. The molecule has 0 aliphatic heterocycles. The predicted molar refractivity (Wildman–Crippen MR) is 85.5 cm³/mol. The van der Waals surface area contributed by atoms with Gasteiger partial charge in [0.05, 0.1) is 12.0 Å². The van der Waals surface area contributed by atoms with Crippen molar-refractivity contribution < 1.29 is 4.42 Å². The second-order valence-electron chi connectivity index (χ2n) is 3.51. The van der Waals surface area contributed by atoms with Crippen LogP contribution in [0.5, 0.6) is 0 Å². The molecule has 0 fully saturated rings. The Bertz CT molecular complexity index is 451. The van der Waals surface area contributed by atoms with Gasteiger partial charge in [-0.15, -0.1) is 0 Å². The third kappa shape index (κ3) is 5.29. The summed E-state index contributed by atoms with van der Waals surface area (Å²) in [6.45, 7) is 0. The fourth-order valence-electron chi connectivity index (χ4n) is 1.33. The van der Waals surface area contributed by atoms with E-state index in [4.69, 9.17) is 4.42 Å². The van der Waals surface area contributed by atoms with Crippen molar-refractivity contribution in [2.75, 3.05) is 5.75 Å². The Morgan fingerprint density at radius 2 is 1.89 bits per heavy atom. The highest BCUT2D eigenvalue weighted by Gasteiger charge is 1.95. The molecule has 2 rings (SSSR count). The smallest absolute Gasteiger partial charge is 0.114 e. The minimum Gasteiger partial charge on any atom is -0.468 e. The molecule has 0 bridgehead atoms. The summed E-state index contributed by atoms with van der Waals surface area (Å²) in [6.07, 6.45) is 6.07. The van der Waals surface area contributed by atoms with Crippen LogP contribution in [0.25, 0.3) is 6.08 Å². The van der Waals surface area contributed by atoms with E-state index >= 15 is 0 Å². The average Bonchev–Trinajstić information content (AvgIpc) is 2.92. The van der Waals surface area contributed by atoms with Gasteiger partial charge >= 0.3 is 0 Å². The molecule has 1 aromatic heterocycles. The van der Waals surface area contributed by atoms with Crippen LogP contribution in [0.3, 0.4) is 0 Å². The van der Waals surface area contributed by atoms with Crippen molar-refractivity contribution in [3.63, 3.8) is 0 Å². The molecule has 0 unspecified atom stereocenters. The van der Waals surface area contributed by atoms with E-state index in [1.54, 1.807) is 6.26 Å². The molecular formula is C14H14OS3. The van der Waals surface area contributed by atoms with Crippen LogP contribution in [0.2, 0.25) is 0 Å². The molecule has 0 saturated heterocycles. The van der Waals surface area contributed by atoms with E-state index in [0.29, 0.717) is 0 Å². The maximum absolute atomic E-state index is 5.26. The Morgan fingerprint density at radius 3 is 2.67 bits per heavy atom. The van der Waals surface area contributed by atoms with Crippen molar-refractivity contribution in [2.45, 2.75) is 5.75 Å². The van der Waals surface area contributed by atoms with Crippen molar-refractivity contribution in [3.8, 4) is 0 Å². The van der Waals surface area contributed by atoms with Gasteiger partial charge in [-0.2, -0.15) is 0 Å². The molecule has 0 aliphatic carbocycles. The van der Waals surface area contributed by atoms with Crippen molar-refractivity contribution in [2.24, 2.45) is 0 Å². The average molecular weight is 294 g/mol. The molecule has 0 spiro atoms. The molecule has 1 nitrogen and oxygen atoms in total. The molecule has 94 valence electrons. The maximum Gasteiger partial charge on any atom is 0.114 e. The van der Waals surface area contributed by atoms with Gasteiger partial charge in [-0.1, -0.05) is 64.1 Å². The summed E-state index contributed by atoms with van der Waals surface area (Å²) in [5, 5.41) is 0. The maximum atomic E-state index is 5.26. The van der Waals surface area contributed by atoms with Crippen molar-refractivity contribution in [1.29, 1.82) is 0 Å². The van der Waals surface area contributed by atoms with E-state index in [0.717, 1.165) is 17.3 Å². The Kier molecular flexibility index (Phi) is 6.40. The predicted octanol–water partition coefficient (Wildman–Crippen LogP) is 5.52. The van der Waals surface area contributed by atoms with E-state index in [1.807, 2.05) is 49.6 Å². The molecular weight excluding hydrogens is 280 g/mol. The molecule has 0 aliphatic rings. The first kappa shape index (κ1) is 13.7. The van der Waals surface area contributed by atoms with Crippen LogP contribution in [0.1, 0.15) is 11.3 Å². The zero-order valence-electron chi connectivity index (χ0n) is 9.82. The van der Waals surface area contributed by atoms with Crippen LogP contribution in [0.4, 0.5) is 0 Å². The molecule has 1 aromatic carbocycles. The van der Waals surface area contributed by atoms with Crippen molar-refractivity contribution in [1.82, 2.24) is 0 Å². The fraction of sp³-hybridized carbons (Fsp3) is 0.143. The molecule has 0 saturated carbocycles. The number of rotatable bonds is 7. The monoisotopic (exact) mass is 294 g/mol. The van der Waals surface area contributed by atoms with E-state index in [9.17, 15) is 0 Å². The van der Waals surface area contributed by atoms with E-state index in [1.165, 1.54) is 5.56 Å². The third-order valence-corrected chi connectivity index (χ3v) is 6.15. The quantitative estimate of drug-likeness (QED) is 0.492. The van der Waals surface area contributed by atoms with Gasteiger partial charge in [0.2, 0.25) is 0 Å². The lowest BCUT2D eigenvalue weighted by molar-refractivity contribution is 0.530. The largest absolute Gasteiger partial charge is 0.468 e. The van der Waals surface area contributed by atoms with E-state index in [2.05, 4.69) is 36.4 Å². The van der Waals surface area contributed by atoms with Gasteiger partial charge in [0.15, 0.2) is 0 Å². The van der Waals surface area contributed by atoms with E-state index < -0.39 is 0 Å². The second kappa shape index (κ2) is 8.40. The van der Waals surface area contributed by atoms with Gasteiger partial charge in [0.1, 0.15) is 5.76 Å². The van der Waals surface area contributed by atoms with Gasteiger partial charge in [0.25, 0.3) is 0 Å². The number of furan rings is 1. The van der Waals surface area contributed by atoms with Crippen LogP contribution < -0.4 is 0 Å². The molecule has 2 aromatic rings. The van der Waals surface area contributed by atoms with Crippen LogP contribution in [-0.2, 0) is 5.75 Å². The normalized spacial score (nSPS) is 11.1. The fourth-order valence-corrected chi connectivity index (χ4v) is 4.60. The van der Waals surface area contributed by atoms with Gasteiger partial charge in [-0.3, -0.25) is 0 Å². The molecule has 0 amide bonds. The number of hydrogen-bond acceptors (Lipinski definition) is 4. The first-order valence-electron chi connectivity index (χ1n) is 5.60. The highest BCUT2D eigenvalue weighted by atomic mass is 33.5. The molecule has 0 N–H and O–H groups in total. The van der Waals surface area contributed by atoms with Crippen molar-refractivity contribution in [3.05, 3.63) is 66.1 Å². The third-order valence-electron chi connectivity index (χ3n) is 2.15. The molecule has 4 heteroatoms. The zero-order valence-corrected chi connectivity index (χ0v) is 12.3. The second-order valence-corrected chi connectivity index (χ2v) is 7.78. The lowest BCUT2D eigenvalue weighted by Gasteiger charge is -1.96. The van der Waals surface area contributed by atoms with Gasteiger partial charge in [-0.25, -0.2) is 0 Å². The SMILES string of the molecule is C(=C\c1ccccc1)/CSSSCc1ccco1. The number of hydrogen-bond donors (Lipinski definition) is 0. The summed E-state index contributed by atoms with van der Waals surface area (Å²) in [5.74, 6) is 2.98. The minimum atomic E-state index is 0.924. The topological polar surface area (TPSA) is 13.1 Å². The lowest BCUT2D eigenvalue weighted by Crippen LogP contribution is -1.71. The Morgan fingerprint density at radius 1 is 1.00 bits per heavy atom. The summed E-state index contributed by atoms with van der Waals surface area (Å²) in [7, 11) is 5.46. The molecule has 1 heterocycles. The van der Waals surface area contributed by atoms with E-state index in [-0.39, 0.29) is 0 Å². The highest BCUT2D eigenvalue weighted by Crippen LogP contribution is 2.36. The van der Waals surface area contributed by atoms with Gasteiger partial charge in [0, 0.05) is 5.75 Å². The summed E-state index contributed by atoms with van der Waals surface area (Å²) >= 11 is 0. The van der Waals surface area contributed by atoms with Crippen LogP contribution in [0.15, 0.2) is 59.2 Å². The Hall–Kier alpha value is -0.710. The summed E-state index contributed by atoms with van der Waals surface area (Å²) < 4.78 is 5.26. The highest BCUT2D eigenvalue weighted by molar-refractivity contribution is 9.09. The first-order valence-corrected chi connectivity index (χ1v) is 9.42. The standard InChI is InChI=1S/C14H14OS3/c1-2-6-13(7-3-1)8-5-11-16-18-17-12-14-9-4-10-15-14/h1-10H,11-12H2/b8-5+. The van der Waals surface area contributed by atoms with Gasteiger partial charge < -0.3 is 4.42 Å². The van der Waals surface area contributed by atoms with Crippen LogP contribution in [0, 0.1) is 0 Å². The Balaban J connectivity index is 1.55. The summed E-state index contributed by atoms with van der Waals surface area (Å²) in [4.78, 5) is 0. The van der Waals surface area contributed by atoms with Crippen molar-refractivity contribution >= 4 is 37.5 Å². The minimum absolute atomic E-state index is 0.924. The molecule has 0 radical (unpaired) electrons. The van der Waals surface area contributed by atoms with Crippen LogP contribution >= 0.6 is 31.4 Å². The zero-order chi connectivity index (χ0) is 12.5.